The van der Waals surface area contributed by atoms with Gasteiger partial charge in [0.2, 0.25) is 0 Å². The van der Waals surface area contributed by atoms with Crippen LogP contribution in [0.15, 0.2) is 18.2 Å². The number of hydrogen-bond donors (Lipinski definition) is 1. The van der Waals surface area contributed by atoms with Crippen molar-refractivity contribution in [2.45, 2.75) is 25.6 Å². The zero-order valence-electron chi connectivity index (χ0n) is 11.0. The van der Waals surface area contributed by atoms with Crippen LogP contribution >= 0.6 is 0 Å². The second-order valence-electron chi connectivity index (χ2n) is 5.07. The van der Waals surface area contributed by atoms with E-state index in [1.54, 1.807) is 13.0 Å². The van der Waals surface area contributed by atoms with Gasteiger partial charge in [0.05, 0.1) is 23.3 Å². The first kappa shape index (κ1) is 14.7. The summed E-state index contributed by atoms with van der Waals surface area (Å²) in [6.45, 7) is 2.83. The Balaban J connectivity index is 2.29. The van der Waals surface area contributed by atoms with Crippen molar-refractivity contribution >= 4 is 5.69 Å². The van der Waals surface area contributed by atoms with E-state index in [4.69, 9.17) is 5.26 Å². The molecule has 1 aromatic rings. The molecule has 1 N–H and O–H groups in total. The van der Waals surface area contributed by atoms with Crippen LogP contribution in [-0.4, -0.2) is 24.3 Å². The maximum Gasteiger partial charge on any atom is 0.417 e. The molecule has 2 unspecified atom stereocenters. The summed E-state index contributed by atoms with van der Waals surface area (Å²) >= 11 is 0. The highest BCUT2D eigenvalue weighted by Gasteiger charge is 2.35. The third-order valence-corrected chi connectivity index (χ3v) is 3.70. The summed E-state index contributed by atoms with van der Waals surface area (Å²) < 4.78 is 38.7. The monoisotopic (exact) mass is 284 g/mol. The first-order chi connectivity index (χ1) is 9.32. The number of rotatable bonds is 2. The van der Waals surface area contributed by atoms with Crippen molar-refractivity contribution in [2.24, 2.45) is 5.92 Å². The van der Waals surface area contributed by atoms with Crippen molar-refractivity contribution in [2.75, 3.05) is 18.0 Å². The molecule has 0 bridgehead atoms. The van der Waals surface area contributed by atoms with Crippen LogP contribution in [0, 0.1) is 17.2 Å². The van der Waals surface area contributed by atoms with Crippen LogP contribution in [-0.2, 0) is 6.18 Å². The normalized spacial score (nSPS) is 20.8. The smallest absolute Gasteiger partial charge is 0.393 e. The molecule has 1 heterocycles. The van der Waals surface area contributed by atoms with E-state index in [-0.39, 0.29) is 11.5 Å². The van der Waals surface area contributed by atoms with Crippen molar-refractivity contribution in [1.29, 1.82) is 5.26 Å². The fourth-order valence-electron chi connectivity index (χ4n) is 2.48. The van der Waals surface area contributed by atoms with Crippen LogP contribution in [0.25, 0.3) is 0 Å². The van der Waals surface area contributed by atoms with Gasteiger partial charge in [0.1, 0.15) is 0 Å². The highest BCUT2D eigenvalue weighted by Crippen LogP contribution is 2.35. The number of nitriles is 1. The molecular formula is C14H15F3N2O. The van der Waals surface area contributed by atoms with E-state index >= 15 is 0 Å². The SMILES string of the molecule is CC(O)C1CCN(c2ccc(C#N)c(C(F)(F)F)c2)C1. The van der Waals surface area contributed by atoms with Gasteiger partial charge < -0.3 is 10.0 Å². The van der Waals surface area contributed by atoms with Crippen LogP contribution < -0.4 is 4.90 Å². The van der Waals surface area contributed by atoms with Crippen molar-refractivity contribution in [3.63, 3.8) is 0 Å². The lowest BCUT2D eigenvalue weighted by atomic mass is 10.0. The molecule has 1 aliphatic heterocycles. The van der Waals surface area contributed by atoms with E-state index in [2.05, 4.69) is 0 Å². The molecule has 0 spiro atoms. The van der Waals surface area contributed by atoms with Gasteiger partial charge in [-0.2, -0.15) is 18.4 Å². The summed E-state index contributed by atoms with van der Waals surface area (Å²) in [5, 5.41) is 18.3. The number of aliphatic hydroxyl groups is 1. The van der Waals surface area contributed by atoms with Crippen LogP contribution in [0.3, 0.4) is 0 Å². The molecule has 1 aliphatic rings. The number of anilines is 1. The van der Waals surface area contributed by atoms with Crippen LogP contribution in [0.4, 0.5) is 18.9 Å². The number of alkyl halides is 3. The lowest BCUT2D eigenvalue weighted by molar-refractivity contribution is -0.137. The Morgan fingerprint density at radius 2 is 2.15 bits per heavy atom. The average molecular weight is 284 g/mol. The van der Waals surface area contributed by atoms with E-state index in [1.165, 1.54) is 12.1 Å². The van der Waals surface area contributed by atoms with E-state index in [9.17, 15) is 18.3 Å². The van der Waals surface area contributed by atoms with Crippen LogP contribution in [0.1, 0.15) is 24.5 Å². The molecule has 0 aliphatic carbocycles. The number of aliphatic hydroxyl groups excluding tert-OH is 1. The standard InChI is InChI=1S/C14H15F3N2O/c1-9(20)11-4-5-19(8-11)12-3-2-10(7-18)13(6-12)14(15,16)17/h2-3,6,9,11,20H,4-5,8H2,1H3. The van der Waals surface area contributed by atoms with E-state index < -0.39 is 17.8 Å². The molecule has 0 aromatic heterocycles. The largest absolute Gasteiger partial charge is 0.417 e. The highest BCUT2D eigenvalue weighted by molar-refractivity contribution is 5.55. The molecule has 1 aromatic carbocycles. The summed E-state index contributed by atoms with van der Waals surface area (Å²) in [4.78, 5) is 1.81. The third kappa shape index (κ3) is 2.88. The Labute approximate surface area is 115 Å². The fraction of sp³-hybridized carbons (Fsp3) is 0.500. The first-order valence-electron chi connectivity index (χ1n) is 6.37. The van der Waals surface area contributed by atoms with E-state index in [0.717, 1.165) is 12.5 Å². The minimum Gasteiger partial charge on any atom is -0.393 e. The minimum atomic E-state index is -4.54. The van der Waals surface area contributed by atoms with Gasteiger partial charge in [-0.1, -0.05) is 0 Å². The molecule has 3 nitrogen and oxygen atoms in total. The molecule has 0 amide bonds. The van der Waals surface area contributed by atoms with Crippen molar-refractivity contribution in [3.05, 3.63) is 29.3 Å². The lowest BCUT2D eigenvalue weighted by Gasteiger charge is -2.21. The summed E-state index contributed by atoms with van der Waals surface area (Å²) in [5.74, 6) is 0.0694. The van der Waals surface area contributed by atoms with Gasteiger partial charge in [-0.15, -0.1) is 0 Å². The summed E-state index contributed by atoms with van der Waals surface area (Å²) in [7, 11) is 0. The Kier molecular flexibility index (Phi) is 3.91. The minimum absolute atomic E-state index is 0.0694. The molecule has 108 valence electrons. The lowest BCUT2D eigenvalue weighted by Crippen LogP contribution is -2.24. The predicted octanol–water partition coefficient (Wildman–Crippen LogP) is 2.78. The number of halogens is 3. The Hall–Kier alpha value is -1.74. The molecular weight excluding hydrogens is 269 g/mol. The fourth-order valence-corrected chi connectivity index (χ4v) is 2.48. The summed E-state index contributed by atoms with van der Waals surface area (Å²) in [5.41, 5.74) is -0.829. The van der Waals surface area contributed by atoms with Crippen molar-refractivity contribution < 1.29 is 18.3 Å². The second-order valence-corrected chi connectivity index (χ2v) is 5.07. The number of hydrogen-bond acceptors (Lipinski definition) is 3. The van der Waals surface area contributed by atoms with Gasteiger partial charge in [-0.05, 0) is 31.5 Å². The van der Waals surface area contributed by atoms with Gasteiger partial charge >= 0.3 is 6.18 Å². The topological polar surface area (TPSA) is 47.3 Å². The maximum atomic E-state index is 12.9. The van der Waals surface area contributed by atoms with Crippen LogP contribution in [0.5, 0.6) is 0 Å². The van der Waals surface area contributed by atoms with Gasteiger partial charge in [0.15, 0.2) is 0 Å². The average Bonchev–Trinajstić information content (AvgIpc) is 2.86. The quantitative estimate of drug-likeness (QED) is 0.908. The second kappa shape index (κ2) is 5.33. The molecule has 1 saturated heterocycles. The molecule has 2 atom stereocenters. The highest BCUT2D eigenvalue weighted by atomic mass is 19.4. The van der Waals surface area contributed by atoms with E-state index in [1.807, 2.05) is 4.90 Å². The first-order valence-corrected chi connectivity index (χ1v) is 6.37. The predicted molar refractivity (Wildman–Crippen MR) is 68.2 cm³/mol. The zero-order chi connectivity index (χ0) is 14.9. The summed E-state index contributed by atoms with van der Waals surface area (Å²) in [6.07, 6.45) is -4.26. The zero-order valence-corrected chi connectivity index (χ0v) is 11.0. The van der Waals surface area contributed by atoms with Gasteiger partial charge in [0, 0.05) is 24.7 Å². The molecule has 2 rings (SSSR count). The maximum absolute atomic E-state index is 12.9. The molecule has 6 heteroatoms. The number of nitrogens with zero attached hydrogens (tertiary/aromatic N) is 2. The molecule has 1 fully saturated rings. The molecule has 0 radical (unpaired) electrons. The van der Waals surface area contributed by atoms with Crippen molar-refractivity contribution in [3.8, 4) is 6.07 Å². The van der Waals surface area contributed by atoms with Crippen LogP contribution in [0.2, 0.25) is 0 Å². The summed E-state index contributed by atoms with van der Waals surface area (Å²) in [6, 6.07) is 5.31. The van der Waals surface area contributed by atoms with Gasteiger partial charge in [0.25, 0.3) is 0 Å². The number of benzene rings is 1. The van der Waals surface area contributed by atoms with Gasteiger partial charge in [-0.25, -0.2) is 0 Å². The third-order valence-electron chi connectivity index (χ3n) is 3.70. The Morgan fingerprint density at radius 1 is 1.45 bits per heavy atom. The Bertz CT molecular complexity index is 534. The van der Waals surface area contributed by atoms with E-state index in [0.29, 0.717) is 18.8 Å². The molecule has 0 saturated carbocycles. The molecule has 20 heavy (non-hydrogen) atoms. The Morgan fingerprint density at radius 3 is 2.65 bits per heavy atom. The van der Waals surface area contributed by atoms with Crippen molar-refractivity contribution in [1.82, 2.24) is 0 Å². The van der Waals surface area contributed by atoms with Gasteiger partial charge in [-0.3, -0.25) is 0 Å².